The van der Waals surface area contributed by atoms with Crippen LogP contribution in [0.4, 0.5) is 0 Å². The zero-order valence-corrected chi connectivity index (χ0v) is 13.5. The van der Waals surface area contributed by atoms with Crippen LogP contribution < -0.4 is 5.32 Å². The van der Waals surface area contributed by atoms with Crippen LogP contribution in [0.1, 0.15) is 39.0 Å². The molecule has 0 aromatic rings. The number of ether oxygens (including phenoxy) is 1. The minimum Gasteiger partial charge on any atom is -0.374 e. The normalized spacial score (nSPS) is 40.4. The molecule has 6 nitrogen and oxygen atoms in total. The lowest BCUT2D eigenvalue weighted by Gasteiger charge is -2.35. The van der Waals surface area contributed by atoms with Crippen molar-refractivity contribution in [1.29, 1.82) is 0 Å². The molecule has 1 amide bonds. The Hall–Kier alpha value is -0.660. The number of rotatable bonds is 3. The minimum absolute atomic E-state index is 0.0232. The third kappa shape index (κ3) is 2.83. The predicted molar refractivity (Wildman–Crippen MR) is 78.2 cm³/mol. The molecular formula is C14H24N2O4S. The summed E-state index contributed by atoms with van der Waals surface area (Å²) in [6, 6.07) is -0.0862. The van der Waals surface area contributed by atoms with Crippen LogP contribution in [-0.2, 0) is 19.6 Å². The molecule has 7 heteroatoms. The molecule has 4 unspecified atom stereocenters. The average molecular weight is 316 g/mol. The summed E-state index contributed by atoms with van der Waals surface area (Å²) >= 11 is 0. The van der Waals surface area contributed by atoms with Crippen molar-refractivity contribution in [2.24, 2.45) is 5.41 Å². The summed E-state index contributed by atoms with van der Waals surface area (Å²) in [5.41, 5.74) is -0.448. The van der Waals surface area contributed by atoms with Crippen LogP contribution in [0.25, 0.3) is 0 Å². The molecule has 3 aliphatic heterocycles. The van der Waals surface area contributed by atoms with Crippen LogP contribution in [0.2, 0.25) is 0 Å². The van der Waals surface area contributed by atoms with E-state index >= 15 is 0 Å². The quantitative estimate of drug-likeness (QED) is 0.822. The second-order valence-corrected chi connectivity index (χ2v) is 8.86. The Morgan fingerprint density at radius 1 is 1.33 bits per heavy atom. The van der Waals surface area contributed by atoms with Gasteiger partial charge >= 0.3 is 0 Å². The van der Waals surface area contributed by atoms with E-state index in [0.717, 1.165) is 32.1 Å². The highest BCUT2D eigenvalue weighted by Gasteiger charge is 2.54. The fourth-order valence-electron chi connectivity index (χ4n) is 3.88. The molecule has 21 heavy (non-hydrogen) atoms. The third-order valence-electron chi connectivity index (χ3n) is 5.18. The molecule has 0 spiro atoms. The SMILES string of the molecule is CC1(C(=O)NC2CCCN(S(C)(=O)=O)C2)CC2CCC1O2. The van der Waals surface area contributed by atoms with Crippen molar-refractivity contribution in [3.8, 4) is 0 Å². The number of sulfonamides is 1. The molecule has 0 aromatic carbocycles. The highest BCUT2D eigenvalue weighted by atomic mass is 32.2. The second-order valence-electron chi connectivity index (χ2n) is 6.88. The summed E-state index contributed by atoms with van der Waals surface area (Å²) in [5, 5.41) is 3.06. The molecule has 3 aliphatic rings. The Labute approximate surface area is 126 Å². The monoisotopic (exact) mass is 316 g/mol. The summed E-state index contributed by atoms with van der Waals surface area (Å²) < 4.78 is 30.5. The lowest BCUT2D eigenvalue weighted by Crippen LogP contribution is -2.54. The van der Waals surface area contributed by atoms with E-state index < -0.39 is 15.4 Å². The van der Waals surface area contributed by atoms with Gasteiger partial charge in [-0.3, -0.25) is 4.79 Å². The zero-order valence-electron chi connectivity index (χ0n) is 12.7. The molecule has 0 saturated carbocycles. The maximum absolute atomic E-state index is 12.6. The van der Waals surface area contributed by atoms with E-state index in [1.165, 1.54) is 10.6 Å². The number of carbonyl (C=O) groups is 1. The van der Waals surface area contributed by atoms with Crippen molar-refractivity contribution in [1.82, 2.24) is 9.62 Å². The summed E-state index contributed by atoms with van der Waals surface area (Å²) in [4.78, 5) is 12.6. The number of nitrogens with one attached hydrogen (secondary N) is 1. The average Bonchev–Trinajstić information content (AvgIpc) is 2.98. The van der Waals surface area contributed by atoms with Gasteiger partial charge in [-0.15, -0.1) is 0 Å². The Morgan fingerprint density at radius 2 is 2.10 bits per heavy atom. The number of hydrogen-bond donors (Lipinski definition) is 1. The van der Waals surface area contributed by atoms with E-state index in [9.17, 15) is 13.2 Å². The maximum Gasteiger partial charge on any atom is 0.228 e. The van der Waals surface area contributed by atoms with Crippen LogP contribution >= 0.6 is 0 Å². The van der Waals surface area contributed by atoms with Gasteiger partial charge in [-0.05, 0) is 39.0 Å². The van der Waals surface area contributed by atoms with Gasteiger partial charge in [-0.25, -0.2) is 12.7 Å². The number of fused-ring (bicyclic) bond motifs is 2. The number of amides is 1. The smallest absolute Gasteiger partial charge is 0.228 e. The molecule has 3 rings (SSSR count). The van der Waals surface area contributed by atoms with Crippen molar-refractivity contribution in [2.75, 3.05) is 19.3 Å². The molecule has 3 fully saturated rings. The van der Waals surface area contributed by atoms with Crippen molar-refractivity contribution in [3.05, 3.63) is 0 Å². The standard InChI is InChI=1S/C14H24N2O4S/c1-14(8-11-5-6-12(14)20-11)13(17)15-10-4-3-7-16(9-10)21(2,18)19/h10-12H,3-9H2,1-2H3,(H,15,17). The minimum atomic E-state index is -3.18. The Morgan fingerprint density at radius 3 is 2.67 bits per heavy atom. The molecule has 3 saturated heterocycles. The highest BCUT2D eigenvalue weighted by molar-refractivity contribution is 7.88. The van der Waals surface area contributed by atoms with E-state index in [4.69, 9.17) is 4.74 Å². The second kappa shape index (κ2) is 5.21. The van der Waals surface area contributed by atoms with Crippen LogP contribution in [0.15, 0.2) is 0 Å². The molecule has 0 aliphatic carbocycles. The van der Waals surface area contributed by atoms with Crippen LogP contribution in [0.5, 0.6) is 0 Å². The highest BCUT2D eigenvalue weighted by Crippen LogP contribution is 2.47. The van der Waals surface area contributed by atoms with Gasteiger partial charge in [-0.2, -0.15) is 0 Å². The molecule has 120 valence electrons. The summed E-state index contributed by atoms with van der Waals surface area (Å²) in [7, 11) is -3.18. The first-order valence-corrected chi connectivity index (χ1v) is 9.55. The first-order chi connectivity index (χ1) is 9.79. The summed E-state index contributed by atoms with van der Waals surface area (Å²) in [6.07, 6.45) is 5.89. The molecule has 1 N–H and O–H groups in total. The summed E-state index contributed by atoms with van der Waals surface area (Å²) in [6.45, 7) is 2.91. The Kier molecular flexibility index (Phi) is 3.78. The van der Waals surface area contributed by atoms with Crippen molar-refractivity contribution in [3.63, 3.8) is 0 Å². The van der Waals surface area contributed by atoms with E-state index in [2.05, 4.69) is 5.32 Å². The van der Waals surface area contributed by atoms with Gasteiger partial charge in [0, 0.05) is 19.1 Å². The van der Waals surface area contributed by atoms with Gasteiger partial charge in [0.05, 0.1) is 23.9 Å². The van der Waals surface area contributed by atoms with E-state index in [-0.39, 0.29) is 24.2 Å². The fraction of sp³-hybridized carbons (Fsp3) is 0.929. The molecule has 0 aromatic heterocycles. The largest absolute Gasteiger partial charge is 0.374 e. The van der Waals surface area contributed by atoms with Crippen molar-refractivity contribution in [2.45, 2.75) is 57.3 Å². The topological polar surface area (TPSA) is 75.7 Å². The first kappa shape index (κ1) is 15.2. The number of carbonyl (C=O) groups excluding carboxylic acids is 1. The Balaban J connectivity index is 1.63. The van der Waals surface area contributed by atoms with Gasteiger partial charge in [0.1, 0.15) is 0 Å². The third-order valence-corrected chi connectivity index (χ3v) is 6.45. The lowest BCUT2D eigenvalue weighted by molar-refractivity contribution is -0.134. The summed E-state index contributed by atoms with van der Waals surface area (Å²) in [5.74, 6) is 0.0232. The number of nitrogens with zero attached hydrogens (tertiary/aromatic N) is 1. The van der Waals surface area contributed by atoms with Crippen LogP contribution in [0, 0.1) is 5.41 Å². The fourth-order valence-corrected chi connectivity index (χ4v) is 4.79. The van der Waals surface area contributed by atoms with Gasteiger partial charge in [0.2, 0.25) is 15.9 Å². The zero-order chi connectivity index (χ0) is 15.3. The van der Waals surface area contributed by atoms with Gasteiger partial charge in [-0.1, -0.05) is 0 Å². The molecule has 2 bridgehead atoms. The van der Waals surface area contributed by atoms with E-state index in [0.29, 0.717) is 13.1 Å². The predicted octanol–water partition coefficient (Wildman–Crippen LogP) is 0.484. The van der Waals surface area contributed by atoms with E-state index in [1.807, 2.05) is 6.92 Å². The molecule has 4 atom stereocenters. The molecule has 0 radical (unpaired) electrons. The number of piperidine rings is 1. The number of hydrogen-bond acceptors (Lipinski definition) is 4. The maximum atomic E-state index is 12.6. The van der Waals surface area contributed by atoms with Gasteiger partial charge < -0.3 is 10.1 Å². The first-order valence-electron chi connectivity index (χ1n) is 7.70. The van der Waals surface area contributed by atoms with Crippen molar-refractivity contribution >= 4 is 15.9 Å². The lowest BCUT2D eigenvalue weighted by atomic mass is 9.74. The van der Waals surface area contributed by atoms with Crippen LogP contribution in [-0.4, -0.2) is 56.2 Å². The molecule has 3 heterocycles. The Bertz CT molecular complexity index is 535. The molecular weight excluding hydrogens is 292 g/mol. The van der Waals surface area contributed by atoms with Crippen molar-refractivity contribution < 1.29 is 17.9 Å². The van der Waals surface area contributed by atoms with E-state index in [1.54, 1.807) is 0 Å². The van der Waals surface area contributed by atoms with Crippen LogP contribution in [0.3, 0.4) is 0 Å². The van der Waals surface area contributed by atoms with Gasteiger partial charge in [0.25, 0.3) is 0 Å². The van der Waals surface area contributed by atoms with Gasteiger partial charge in [0.15, 0.2) is 0 Å².